The quantitative estimate of drug-likeness (QED) is 0.396. The average molecular weight is 391 g/mol. The Labute approximate surface area is 179 Å². The SMILES string of the molecule is C.C=CCC1CCCC1(C)CCC1C(C)C[C@H](CC)C2CCCCC12C.CC. The van der Waals surface area contributed by atoms with Gasteiger partial charge in [0.25, 0.3) is 0 Å². The Morgan fingerprint density at radius 2 is 1.75 bits per heavy atom. The molecule has 0 heteroatoms. The molecule has 0 nitrogen and oxygen atoms in total. The van der Waals surface area contributed by atoms with Crippen molar-refractivity contribution in [2.75, 3.05) is 0 Å². The van der Waals surface area contributed by atoms with E-state index in [1.165, 1.54) is 77.0 Å². The Bertz CT molecular complexity index is 451. The molecule has 0 heterocycles. The molecular weight excluding hydrogens is 336 g/mol. The molecule has 3 saturated carbocycles. The molecule has 3 fully saturated rings. The number of hydrogen-bond acceptors (Lipinski definition) is 0. The lowest BCUT2D eigenvalue weighted by molar-refractivity contribution is -0.0761. The van der Waals surface area contributed by atoms with Gasteiger partial charge in [0.1, 0.15) is 0 Å². The molecule has 0 N–H and O–H groups in total. The van der Waals surface area contributed by atoms with Crippen LogP contribution >= 0.6 is 0 Å². The van der Waals surface area contributed by atoms with E-state index in [0.717, 1.165) is 29.6 Å². The third-order valence-electron chi connectivity index (χ3n) is 9.39. The van der Waals surface area contributed by atoms with Crippen LogP contribution in [0.2, 0.25) is 0 Å². The zero-order chi connectivity index (χ0) is 20.1. The maximum atomic E-state index is 4.03. The normalized spacial score (nSPS) is 42.6. The Morgan fingerprint density at radius 1 is 1.04 bits per heavy atom. The summed E-state index contributed by atoms with van der Waals surface area (Å²) in [5.41, 5.74) is 1.23. The van der Waals surface area contributed by atoms with Crippen molar-refractivity contribution in [1.29, 1.82) is 0 Å². The molecule has 0 spiro atoms. The summed E-state index contributed by atoms with van der Waals surface area (Å²) in [5.74, 6) is 4.84. The van der Waals surface area contributed by atoms with Crippen LogP contribution in [0.1, 0.15) is 126 Å². The van der Waals surface area contributed by atoms with Crippen molar-refractivity contribution in [3.8, 4) is 0 Å². The van der Waals surface area contributed by atoms with Gasteiger partial charge in [-0.15, -0.1) is 6.58 Å². The lowest BCUT2D eigenvalue weighted by atomic mass is 9.48. The molecular formula is C28H54. The molecule has 166 valence electrons. The molecule has 0 aromatic heterocycles. The zero-order valence-corrected chi connectivity index (χ0v) is 19.7. The predicted molar refractivity (Wildman–Crippen MR) is 129 cm³/mol. The van der Waals surface area contributed by atoms with E-state index in [0.29, 0.717) is 10.8 Å². The minimum Gasteiger partial charge on any atom is -0.103 e. The lowest BCUT2D eigenvalue weighted by Crippen LogP contribution is -2.49. The average Bonchev–Trinajstić information content (AvgIpc) is 3.03. The van der Waals surface area contributed by atoms with Crippen molar-refractivity contribution in [3.05, 3.63) is 12.7 Å². The number of hydrogen-bond donors (Lipinski definition) is 0. The molecule has 0 saturated heterocycles. The minimum absolute atomic E-state index is 0. The molecule has 3 aliphatic rings. The van der Waals surface area contributed by atoms with Gasteiger partial charge in [0.05, 0.1) is 0 Å². The van der Waals surface area contributed by atoms with E-state index in [1.54, 1.807) is 0 Å². The smallest absolute Gasteiger partial charge is 0.0264 e. The fourth-order valence-corrected chi connectivity index (χ4v) is 7.86. The second kappa shape index (κ2) is 11.2. The van der Waals surface area contributed by atoms with E-state index >= 15 is 0 Å². The summed E-state index contributed by atoms with van der Waals surface area (Å²) in [5, 5.41) is 0. The molecule has 0 amide bonds. The highest BCUT2D eigenvalue weighted by Crippen LogP contribution is 2.60. The third-order valence-corrected chi connectivity index (χ3v) is 9.39. The molecule has 3 rings (SSSR count). The first-order chi connectivity index (χ1) is 12.9. The Kier molecular flexibility index (Phi) is 10.3. The maximum absolute atomic E-state index is 4.03. The zero-order valence-electron chi connectivity index (χ0n) is 19.7. The van der Waals surface area contributed by atoms with Crippen LogP contribution < -0.4 is 0 Å². The molecule has 0 aliphatic heterocycles. The molecule has 0 aromatic rings. The van der Waals surface area contributed by atoms with E-state index in [1.807, 2.05) is 13.8 Å². The van der Waals surface area contributed by atoms with Crippen molar-refractivity contribution in [2.24, 2.45) is 40.4 Å². The van der Waals surface area contributed by atoms with Gasteiger partial charge in [0.15, 0.2) is 0 Å². The van der Waals surface area contributed by atoms with Gasteiger partial charge in [-0.2, -0.15) is 0 Å². The van der Waals surface area contributed by atoms with Crippen LogP contribution in [0.15, 0.2) is 12.7 Å². The minimum atomic E-state index is 0. The monoisotopic (exact) mass is 390 g/mol. The van der Waals surface area contributed by atoms with E-state index in [4.69, 9.17) is 0 Å². The molecule has 28 heavy (non-hydrogen) atoms. The van der Waals surface area contributed by atoms with Gasteiger partial charge < -0.3 is 0 Å². The van der Waals surface area contributed by atoms with Gasteiger partial charge >= 0.3 is 0 Å². The highest BCUT2D eigenvalue weighted by atomic mass is 14.6. The first-order valence-corrected chi connectivity index (χ1v) is 12.6. The molecule has 7 atom stereocenters. The van der Waals surface area contributed by atoms with Crippen LogP contribution in [-0.4, -0.2) is 0 Å². The largest absolute Gasteiger partial charge is 0.103 e. The number of rotatable bonds is 6. The summed E-state index contributed by atoms with van der Waals surface area (Å²) < 4.78 is 0. The van der Waals surface area contributed by atoms with Crippen molar-refractivity contribution in [3.63, 3.8) is 0 Å². The van der Waals surface area contributed by atoms with Gasteiger partial charge in [-0.05, 0) is 91.8 Å². The summed E-state index contributed by atoms with van der Waals surface area (Å²) in [4.78, 5) is 0. The highest BCUT2D eigenvalue weighted by molar-refractivity contribution is 5.01. The van der Waals surface area contributed by atoms with E-state index < -0.39 is 0 Å². The van der Waals surface area contributed by atoms with Crippen molar-refractivity contribution in [1.82, 2.24) is 0 Å². The fourth-order valence-electron chi connectivity index (χ4n) is 7.86. The van der Waals surface area contributed by atoms with Gasteiger partial charge in [-0.25, -0.2) is 0 Å². The van der Waals surface area contributed by atoms with Crippen molar-refractivity contribution < 1.29 is 0 Å². The maximum Gasteiger partial charge on any atom is -0.0264 e. The Hall–Kier alpha value is -0.260. The molecule has 6 unspecified atom stereocenters. The number of allylic oxidation sites excluding steroid dienone is 1. The topological polar surface area (TPSA) is 0 Å². The van der Waals surface area contributed by atoms with Crippen LogP contribution in [0.3, 0.4) is 0 Å². The first-order valence-electron chi connectivity index (χ1n) is 12.6. The van der Waals surface area contributed by atoms with Crippen LogP contribution in [0.4, 0.5) is 0 Å². The van der Waals surface area contributed by atoms with Crippen LogP contribution in [0, 0.1) is 40.4 Å². The van der Waals surface area contributed by atoms with Gasteiger partial charge in [0, 0.05) is 0 Å². The summed E-state index contributed by atoms with van der Waals surface area (Å²) in [7, 11) is 0. The van der Waals surface area contributed by atoms with Crippen LogP contribution in [0.25, 0.3) is 0 Å². The second-order valence-corrected chi connectivity index (χ2v) is 10.7. The fraction of sp³-hybridized carbons (Fsp3) is 0.929. The van der Waals surface area contributed by atoms with Gasteiger partial charge in [-0.3, -0.25) is 0 Å². The predicted octanol–water partition coefficient (Wildman–Crippen LogP) is 9.69. The lowest BCUT2D eigenvalue weighted by Gasteiger charge is -2.57. The summed E-state index contributed by atoms with van der Waals surface area (Å²) in [6, 6.07) is 0. The van der Waals surface area contributed by atoms with Gasteiger partial charge in [-0.1, -0.05) is 80.7 Å². The first kappa shape index (κ1) is 25.8. The van der Waals surface area contributed by atoms with E-state index in [2.05, 4.69) is 40.3 Å². The molecule has 3 aliphatic carbocycles. The van der Waals surface area contributed by atoms with Gasteiger partial charge in [0.2, 0.25) is 0 Å². The second-order valence-electron chi connectivity index (χ2n) is 10.7. The third kappa shape index (κ3) is 5.07. The summed E-state index contributed by atoms with van der Waals surface area (Å²) >= 11 is 0. The highest BCUT2D eigenvalue weighted by Gasteiger charge is 2.51. The Morgan fingerprint density at radius 3 is 2.39 bits per heavy atom. The van der Waals surface area contributed by atoms with Crippen molar-refractivity contribution >= 4 is 0 Å². The summed E-state index contributed by atoms with van der Waals surface area (Å²) in [6.07, 6.45) is 19.7. The molecule has 0 aromatic carbocycles. The number of fused-ring (bicyclic) bond motifs is 1. The van der Waals surface area contributed by atoms with Crippen LogP contribution in [-0.2, 0) is 0 Å². The Balaban J connectivity index is 0.00000127. The standard InChI is InChI=1S/C25H44.C2H6.CH4/c1-6-11-21-12-10-15-24(21,4)17-14-22-19(3)18-20(7-2)23-13-8-9-16-25(22,23)5;1-2;/h6,19-23H,1,7-18H2,2-5H3;1-2H3;1H4/t19?,20-,21?,22?,23?,24?,25?;;/m0../s1. The van der Waals surface area contributed by atoms with Crippen LogP contribution in [0.5, 0.6) is 0 Å². The van der Waals surface area contributed by atoms with E-state index in [-0.39, 0.29) is 7.43 Å². The van der Waals surface area contributed by atoms with E-state index in [9.17, 15) is 0 Å². The summed E-state index contributed by atoms with van der Waals surface area (Å²) in [6.45, 7) is 18.4. The molecule has 0 bridgehead atoms. The molecule has 0 radical (unpaired) electrons. The van der Waals surface area contributed by atoms with Crippen molar-refractivity contribution in [2.45, 2.75) is 126 Å².